The fraction of sp³-hybridized carbons (Fsp3) is 0.318. The van der Waals surface area contributed by atoms with Gasteiger partial charge in [-0.2, -0.15) is 13.2 Å². The first kappa shape index (κ1) is 23.6. The van der Waals surface area contributed by atoms with Crippen LogP contribution in [0.25, 0.3) is 5.69 Å². The van der Waals surface area contributed by atoms with Gasteiger partial charge < -0.3 is 10.1 Å². The number of nitrogens with zero attached hydrogens (tertiary/aromatic N) is 3. The molecule has 0 spiro atoms. The highest BCUT2D eigenvalue weighted by Crippen LogP contribution is 2.31. The van der Waals surface area contributed by atoms with Crippen LogP contribution < -0.4 is 10.1 Å². The number of halogens is 3. The van der Waals surface area contributed by atoms with Crippen LogP contribution in [-0.4, -0.2) is 33.0 Å². The highest BCUT2D eigenvalue weighted by Gasteiger charge is 2.30. The number of rotatable bonds is 8. The Kier molecular flexibility index (Phi) is 7.44. The number of methoxy groups -OCH3 is 1. The molecule has 1 amide bonds. The number of amides is 1. The molecule has 170 valence electrons. The number of alkyl halides is 3. The molecule has 0 saturated heterocycles. The number of aromatic nitrogens is 3. The van der Waals surface area contributed by atoms with E-state index in [1.54, 1.807) is 28.8 Å². The van der Waals surface area contributed by atoms with E-state index in [9.17, 15) is 18.0 Å². The Balaban J connectivity index is 1.86. The molecule has 1 atom stereocenters. The van der Waals surface area contributed by atoms with E-state index in [2.05, 4.69) is 15.5 Å². The van der Waals surface area contributed by atoms with Crippen LogP contribution in [0, 0.1) is 0 Å². The molecular formula is C22H23F3N4O2S. The van der Waals surface area contributed by atoms with Gasteiger partial charge in [0.25, 0.3) is 5.91 Å². The molecule has 3 aromatic rings. The summed E-state index contributed by atoms with van der Waals surface area (Å²) in [4.78, 5) is 12.5. The average Bonchev–Trinajstić information content (AvgIpc) is 3.19. The SMILES string of the molecule is CCC(C)Sc1nnc(CNC(=O)c2ccc(OC)cc2)n1-c1ccc(C(F)(F)F)cc1. The molecule has 1 aromatic heterocycles. The van der Waals surface area contributed by atoms with Crippen molar-refractivity contribution in [1.29, 1.82) is 0 Å². The van der Waals surface area contributed by atoms with Crippen LogP contribution in [0.2, 0.25) is 0 Å². The number of thioether (sulfide) groups is 1. The second-order valence-corrected chi connectivity index (χ2v) is 8.43. The lowest BCUT2D eigenvalue weighted by molar-refractivity contribution is -0.137. The van der Waals surface area contributed by atoms with Crippen molar-refractivity contribution in [1.82, 2.24) is 20.1 Å². The molecular weight excluding hydrogens is 441 g/mol. The quantitative estimate of drug-likeness (QED) is 0.469. The summed E-state index contributed by atoms with van der Waals surface area (Å²) in [5, 5.41) is 12.0. The zero-order valence-electron chi connectivity index (χ0n) is 17.8. The smallest absolute Gasteiger partial charge is 0.416 e. The van der Waals surface area contributed by atoms with Gasteiger partial charge in [0, 0.05) is 16.5 Å². The number of carbonyl (C=O) groups excluding carboxylic acids is 1. The predicted molar refractivity (Wildman–Crippen MR) is 116 cm³/mol. The summed E-state index contributed by atoms with van der Waals surface area (Å²) in [5.41, 5.74) is 0.197. The maximum absolute atomic E-state index is 13.0. The summed E-state index contributed by atoms with van der Waals surface area (Å²) in [6.45, 7) is 4.12. The van der Waals surface area contributed by atoms with Gasteiger partial charge in [-0.3, -0.25) is 9.36 Å². The van der Waals surface area contributed by atoms with Gasteiger partial charge in [-0.1, -0.05) is 25.6 Å². The van der Waals surface area contributed by atoms with E-state index in [1.165, 1.54) is 31.0 Å². The molecule has 0 bridgehead atoms. The largest absolute Gasteiger partial charge is 0.497 e. The topological polar surface area (TPSA) is 69.0 Å². The van der Waals surface area contributed by atoms with Crippen LogP contribution in [0.1, 0.15) is 42.0 Å². The number of ether oxygens (including phenoxy) is 1. The van der Waals surface area contributed by atoms with Crippen LogP contribution in [0.4, 0.5) is 13.2 Å². The van der Waals surface area contributed by atoms with Crippen LogP contribution >= 0.6 is 11.8 Å². The molecule has 0 radical (unpaired) electrons. The monoisotopic (exact) mass is 464 g/mol. The minimum atomic E-state index is -4.42. The van der Waals surface area contributed by atoms with E-state index in [4.69, 9.17) is 4.74 Å². The first-order valence-corrected chi connectivity index (χ1v) is 10.8. The van der Waals surface area contributed by atoms with Crippen molar-refractivity contribution in [3.8, 4) is 11.4 Å². The van der Waals surface area contributed by atoms with Gasteiger partial charge in [0.1, 0.15) is 5.75 Å². The van der Waals surface area contributed by atoms with E-state index in [1.807, 2.05) is 13.8 Å². The van der Waals surface area contributed by atoms with E-state index >= 15 is 0 Å². The maximum atomic E-state index is 13.0. The highest BCUT2D eigenvalue weighted by molar-refractivity contribution is 7.99. The van der Waals surface area contributed by atoms with Gasteiger partial charge in [-0.15, -0.1) is 10.2 Å². The third-order valence-corrected chi connectivity index (χ3v) is 6.00. The summed E-state index contributed by atoms with van der Waals surface area (Å²) in [5.74, 6) is 0.735. The second-order valence-electron chi connectivity index (χ2n) is 7.03. The van der Waals surface area contributed by atoms with Crippen LogP contribution in [-0.2, 0) is 12.7 Å². The van der Waals surface area contributed by atoms with E-state index in [0.29, 0.717) is 28.0 Å². The summed E-state index contributed by atoms with van der Waals surface area (Å²) < 4.78 is 45.7. The van der Waals surface area contributed by atoms with E-state index < -0.39 is 11.7 Å². The summed E-state index contributed by atoms with van der Waals surface area (Å²) in [6.07, 6.45) is -3.54. The van der Waals surface area contributed by atoms with Crippen molar-refractivity contribution >= 4 is 17.7 Å². The summed E-state index contributed by atoms with van der Waals surface area (Å²) in [7, 11) is 1.54. The molecule has 1 heterocycles. The third-order valence-electron chi connectivity index (χ3n) is 4.79. The fourth-order valence-electron chi connectivity index (χ4n) is 2.82. The van der Waals surface area contributed by atoms with Crippen LogP contribution in [0.3, 0.4) is 0 Å². The fourth-order valence-corrected chi connectivity index (χ4v) is 3.75. The lowest BCUT2D eigenvalue weighted by Crippen LogP contribution is -2.24. The Morgan fingerprint density at radius 3 is 2.34 bits per heavy atom. The molecule has 0 aliphatic rings. The van der Waals surface area contributed by atoms with Gasteiger partial charge in [-0.05, 0) is 55.0 Å². The average molecular weight is 465 g/mol. The number of hydrogen-bond acceptors (Lipinski definition) is 5. The van der Waals surface area contributed by atoms with Crippen molar-refractivity contribution < 1.29 is 22.7 Å². The Bertz CT molecular complexity index is 1050. The van der Waals surface area contributed by atoms with Crippen LogP contribution in [0.5, 0.6) is 5.75 Å². The van der Waals surface area contributed by atoms with Crippen LogP contribution in [0.15, 0.2) is 53.7 Å². The van der Waals surface area contributed by atoms with Gasteiger partial charge in [0.05, 0.1) is 19.2 Å². The van der Waals surface area contributed by atoms with E-state index in [0.717, 1.165) is 18.6 Å². The Morgan fingerprint density at radius 1 is 1.12 bits per heavy atom. The Hall–Kier alpha value is -3.01. The maximum Gasteiger partial charge on any atom is 0.416 e. The first-order chi connectivity index (χ1) is 15.2. The normalized spacial score (nSPS) is 12.4. The first-order valence-electron chi connectivity index (χ1n) is 9.93. The molecule has 32 heavy (non-hydrogen) atoms. The number of hydrogen-bond donors (Lipinski definition) is 1. The van der Waals surface area contributed by atoms with Gasteiger partial charge in [0.2, 0.25) is 0 Å². The molecule has 6 nitrogen and oxygen atoms in total. The summed E-state index contributed by atoms with van der Waals surface area (Å²) >= 11 is 1.47. The lowest BCUT2D eigenvalue weighted by atomic mass is 10.2. The molecule has 2 aromatic carbocycles. The van der Waals surface area contributed by atoms with E-state index in [-0.39, 0.29) is 17.7 Å². The van der Waals surface area contributed by atoms with Crippen molar-refractivity contribution in [3.05, 3.63) is 65.5 Å². The Morgan fingerprint density at radius 2 is 1.78 bits per heavy atom. The zero-order valence-corrected chi connectivity index (χ0v) is 18.6. The standard InChI is InChI=1S/C22H23F3N4O2S/c1-4-14(2)32-21-28-27-19(13-26-20(30)15-5-11-18(31-3)12-6-15)29(21)17-9-7-16(8-10-17)22(23,24)25/h5-12,14H,4,13H2,1-3H3,(H,26,30). The minimum absolute atomic E-state index is 0.0555. The van der Waals surface area contributed by atoms with Gasteiger partial charge >= 0.3 is 6.18 Å². The van der Waals surface area contributed by atoms with Crippen molar-refractivity contribution in [2.75, 3.05) is 7.11 Å². The minimum Gasteiger partial charge on any atom is -0.497 e. The molecule has 0 fully saturated rings. The molecule has 0 saturated carbocycles. The molecule has 0 aliphatic heterocycles. The van der Waals surface area contributed by atoms with Crippen molar-refractivity contribution in [2.45, 2.75) is 43.4 Å². The van der Waals surface area contributed by atoms with Gasteiger partial charge in [0.15, 0.2) is 11.0 Å². The molecule has 0 aliphatic carbocycles. The zero-order chi connectivity index (χ0) is 23.3. The number of nitrogens with one attached hydrogen (secondary N) is 1. The lowest BCUT2D eigenvalue weighted by Gasteiger charge is -2.14. The number of carbonyl (C=O) groups is 1. The van der Waals surface area contributed by atoms with Gasteiger partial charge in [-0.25, -0.2) is 0 Å². The molecule has 1 unspecified atom stereocenters. The van der Waals surface area contributed by atoms with Crippen molar-refractivity contribution in [2.24, 2.45) is 0 Å². The predicted octanol–water partition coefficient (Wildman–Crippen LogP) is 5.12. The Labute approximate surface area is 188 Å². The number of benzene rings is 2. The third kappa shape index (κ3) is 5.61. The highest BCUT2D eigenvalue weighted by atomic mass is 32.2. The second kappa shape index (κ2) is 10.1. The molecule has 10 heteroatoms. The van der Waals surface area contributed by atoms with Crippen molar-refractivity contribution in [3.63, 3.8) is 0 Å². The summed E-state index contributed by atoms with van der Waals surface area (Å²) in [6, 6.07) is 11.4. The molecule has 3 rings (SSSR count). The molecule has 1 N–H and O–H groups in total.